The summed E-state index contributed by atoms with van der Waals surface area (Å²) in [6.07, 6.45) is 0. The van der Waals surface area contributed by atoms with Crippen molar-refractivity contribution >= 4 is 33.3 Å². The van der Waals surface area contributed by atoms with Crippen LogP contribution in [-0.2, 0) is 4.79 Å². The molecule has 0 saturated carbocycles. The van der Waals surface area contributed by atoms with Gasteiger partial charge in [-0.25, -0.2) is 0 Å². The van der Waals surface area contributed by atoms with Crippen LogP contribution in [0.3, 0.4) is 0 Å². The van der Waals surface area contributed by atoms with Crippen molar-refractivity contribution in [3.8, 4) is 0 Å². The van der Waals surface area contributed by atoms with E-state index in [9.17, 15) is 9.59 Å². The lowest BCUT2D eigenvalue weighted by Crippen LogP contribution is -2.62. The van der Waals surface area contributed by atoms with E-state index in [2.05, 4.69) is 20.8 Å². The number of carbonyl (C=O) groups excluding carboxylic acids is 2. The molecule has 1 aromatic carbocycles. The standard InChI is InChI=1S/C15H19BrN2O2/c1-10(19)12-6-5-11(9-13(12)16)18-8-7-17(4)14(20)15(18,2)3/h5-6,9H,7-8H2,1-4H3. The Morgan fingerprint density at radius 1 is 1.30 bits per heavy atom. The molecule has 0 aliphatic carbocycles. The minimum Gasteiger partial charge on any atom is -0.356 e. The van der Waals surface area contributed by atoms with E-state index in [0.717, 1.165) is 16.7 Å². The highest BCUT2D eigenvalue weighted by Gasteiger charge is 2.40. The van der Waals surface area contributed by atoms with E-state index in [1.807, 2.05) is 33.0 Å². The van der Waals surface area contributed by atoms with Gasteiger partial charge >= 0.3 is 0 Å². The topological polar surface area (TPSA) is 40.6 Å². The van der Waals surface area contributed by atoms with Gasteiger partial charge in [-0.1, -0.05) is 0 Å². The third kappa shape index (κ3) is 2.46. The van der Waals surface area contributed by atoms with Crippen molar-refractivity contribution in [2.45, 2.75) is 26.3 Å². The summed E-state index contributed by atoms with van der Waals surface area (Å²) >= 11 is 3.44. The van der Waals surface area contributed by atoms with Crippen LogP contribution in [-0.4, -0.2) is 42.3 Å². The number of benzene rings is 1. The molecule has 0 bridgehead atoms. The zero-order valence-electron chi connectivity index (χ0n) is 12.2. The van der Waals surface area contributed by atoms with Gasteiger partial charge in [0, 0.05) is 35.9 Å². The first kappa shape index (κ1) is 15.0. The number of nitrogens with zero attached hydrogens (tertiary/aromatic N) is 2. The Labute approximate surface area is 127 Å². The highest BCUT2D eigenvalue weighted by Crippen LogP contribution is 2.31. The number of piperazine rings is 1. The van der Waals surface area contributed by atoms with Gasteiger partial charge in [-0.15, -0.1) is 0 Å². The van der Waals surface area contributed by atoms with Crippen molar-refractivity contribution in [3.63, 3.8) is 0 Å². The van der Waals surface area contributed by atoms with Crippen LogP contribution in [0.15, 0.2) is 22.7 Å². The molecule has 0 spiro atoms. The van der Waals surface area contributed by atoms with Gasteiger partial charge in [0.05, 0.1) is 0 Å². The number of halogens is 1. The molecule has 2 rings (SSSR count). The Bertz CT molecular complexity index is 569. The van der Waals surface area contributed by atoms with Gasteiger partial charge in [-0.05, 0) is 54.9 Å². The van der Waals surface area contributed by atoms with Crippen LogP contribution in [0, 0.1) is 0 Å². The second kappa shape index (κ2) is 5.20. The molecule has 0 aromatic heterocycles. The fraction of sp³-hybridized carbons (Fsp3) is 0.467. The molecule has 1 saturated heterocycles. The number of likely N-dealkylation sites (N-methyl/N-ethyl adjacent to an activating group) is 1. The van der Waals surface area contributed by atoms with Crippen LogP contribution in [0.25, 0.3) is 0 Å². The minimum absolute atomic E-state index is 0.0251. The van der Waals surface area contributed by atoms with Crippen LogP contribution >= 0.6 is 15.9 Å². The van der Waals surface area contributed by atoms with Crippen molar-refractivity contribution in [1.82, 2.24) is 4.90 Å². The molecule has 1 aliphatic heterocycles. The molecule has 0 N–H and O–H groups in total. The molecule has 1 heterocycles. The molecule has 1 aromatic rings. The average molecular weight is 339 g/mol. The van der Waals surface area contributed by atoms with Crippen molar-refractivity contribution in [2.75, 3.05) is 25.0 Å². The number of ketones is 1. The maximum absolute atomic E-state index is 12.3. The summed E-state index contributed by atoms with van der Waals surface area (Å²) in [7, 11) is 1.83. The van der Waals surface area contributed by atoms with E-state index < -0.39 is 5.54 Å². The Kier molecular flexibility index (Phi) is 3.91. The van der Waals surface area contributed by atoms with Gasteiger partial charge in [0.1, 0.15) is 5.54 Å². The zero-order valence-corrected chi connectivity index (χ0v) is 13.8. The number of rotatable bonds is 2. The van der Waals surface area contributed by atoms with Crippen molar-refractivity contribution < 1.29 is 9.59 Å². The summed E-state index contributed by atoms with van der Waals surface area (Å²) in [5.41, 5.74) is 1.03. The lowest BCUT2D eigenvalue weighted by atomic mass is 9.96. The van der Waals surface area contributed by atoms with E-state index in [4.69, 9.17) is 0 Å². The fourth-order valence-electron chi connectivity index (χ4n) is 2.62. The maximum atomic E-state index is 12.3. The predicted octanol–water partition coefficient (Wildman–Crippen LogP) is 2.71. The quantitative estimate of drug-likeness (QED) is 0.778. The molecule has 108 valence electrons. The summed E-state index contributed by atoms with van der Waals surface area (Å²) in [6.45, 7) is 6.88. The molecule has 1 fully saturated rings. The third-order valence-electron chi connectivity index (χ3n) is 3.85. The summed E-state index contributed by atoms with van der Waals surface area (Å²) in [6, 6.07) is 5.62. The van der Waals surface area contributed by atoms with E-state index in [-0.39, 0.29) is 11.7 Å². The van der Waals surface area contributed by atoms with Gasteiger partial charge in [0.15, 0.2) is 5.78 Å². The summed E-state index contributed by atoms with van der Waals surface area (Å²) in [4.78, 5) is 27.6. The van der Waals surface area contributed by atoms with Crippen molar-refractivity contribution in [1.29, 1.82) is 0 Å². The number of anilines is 1. The predicted molar refractivity (Wildman–Crippen MR) is 83.2 cm³/mol. The lowest BCUT2D eigenvalue weighted by molar-refractivity contribution is -0.136. The van der Waals surface area contributed by atoms with Gasteiger partial charge < -0.3 is 9.80 Å². The monoisotopic (exact) mass is 338 g/mol. The first-order chi connectivity index (χ1) is 9.25. The smallest absolute Gasteiger partial charge is 0.247 e. The Balaban J connectivity index is 2.39. The molecule has 5 heteroatoms. The second-order valence-electron chi connectivity index (χ2n) is 5.66. The third-order valence-corrected chi connectivity index (χ3v) is 4.50. The van der Waals surface area contributed by atoms with Gasteiger partial charge in [-0.3, -0.25) is 9.59 Å². The van der Waals surface area contributed by atoms with Crippen LogP contribution in [0.1, 0.15) is 31.1 Å². The number of amides is 1. The SMILES string of the molecule is CC(=O)c1ccc(N2CCN(C)C(=O)C2(C)C)cc1Br. The highest BCUT2D eigenvalue weighted by atomic mass is 79.9. The van der Waals surface area contributed by atoms with Crippen LogP contribution < -0.4 is 4.90 Å². The fourth-order valence-corrected chi connectivity index (χ4v) is 3.27. The molecule has 4 nitrogen and oxygen atoms in total. The highest BCUT2D eigenvalue weighted by molar-refractivity contribution is 9.10. The zero-order chi connectivity index (χ0) is 15.1. The van der Waals surface area contributed by atoms with Crippen LogP contribution in [0.4, 0.5) is 5.69 Å². The largest absolute Gasteiger partial charge is 0.356 e. The minimum atomic E-state index is -0.579. The number of hydrogen-bond donors (Lipinski definition) is 0. The van der Waals surface area contributed by atoms with E-state index in [0.29, 0.717) is 12.1 Å². The molecule has 0 radical (unpaired) electrons. The average Bonchev–Trinajstić information content (AvgIpc) is 2.35. The molecular weight excluding hydrogens is 320 g/mol. The molecular formula is C15H19BrN2O2. The first-order valence-electron chi connectivity index (χ1n) is 6.59. The Morgan fingerprint density at radius 2 is 1.95 bits per heavy atom. The number of Topliss-reactive ketones (excluding diaryl/α,β-unsaturated/α-hetero) is 1. The Hall–Kier alpha value is -1.36. The van der Waals surface area contributed by atoms with Gasteiger partial charge in [0.25, 0.3) is 0 Å². The Morgan fingerprint density at radius 3 is 2.50 bits per heavy atom. The van der Waals surface area contributed by atoms with Crippen molar-refractivity contribution in [3.05, 3.63) is 28.2 Å². The molecule has 20 heavy (non-hydrogen) atoms. The van der Waals surface area contributed by atoms with E-state index >= 15 is 0 Å². The molecule has 1 amide bonds. The summed E-state index contributed by atoms with van der Waals surface area (Å²) < 4.78 is 0.768. The molecule has 0 unspecified atom stereocenters. The molecule has 1 aliphatic rings. The van der Waals surface area contributed by atoms with E-state index in [1.54, 1.807) is 17.9 Å². The number of hydrogen-bond acceptors (Lipinski definition) is 3. The van der Waals surface area contributed by atoms with E-state index in [1.165, 1.54) is 0 Å². The summed E-state index contributed by atoms with van der Waals surface area (Å²) in [5, 5.41) is 0. The first-order valence-corrected chi connectivity index (χ1v) is 7.38. The molecule has 0 atom stereocenters. The van der Waals surface area contributed by atoms with Crippen molar-refractivity contribution in [2.24, 2.45) is 0 Å². The van der Waals surface area contributed by atoms with Gasteiger partial charge in [0.2, 0.25) is 5.91 Å². The van der Waals surface area contributed by atoms with Crippen LogP contribution in [0.5, 0.6) is 0 Å². The number of carbonyl (C=O) groups is 2. The normalized spacial score (nSPS) is 18.4. The van der Waals surface area contributed by atoms with Crippen LogP contribution in [0.2, 0.25) is 0 Å². The van der Waals surface area contributed by atoms with Gasteiger partial charge in [-0.2, -0.15) is 0 Å². The summed E-state index contributed by atoms with van der Waals surface area (Å²) in [5.74, 6) is 0.132. The maximum Gasteiger partial charge on any atom is 0.247 e. The lowest BCUT2D eigenvalue weighted by Gasteiger charge is -2.46. The second-order valence-corrected chi connectivity index (χ2v) is 6.51.